The number of aromatic nitrogens is 2. The van der Waals surface area contributed by atoms with E-state index in [0.29, 0.717) is 6.54 Å². The van der Waals surface area contributed by atoms with Gasteiger partial charge >= 0.3 is 0 Å². The molecule has 1 aromatic rings. The zero-order valence-electron chi connectivity index (χ0n) is 5.54. The Bertz CT molecular complexity index is 250. The number of nitrogens with zero attached hydrogens (tertiary/aromatic N) is 3. The van der Waals surface area contributed by atoms with E-state index in [9.17, 15) is 0 Å². The minimum Gasteiger partial charge on any atom is -0.347 e. The standard InChI is InChI=1S/C6H8N4/c1-2-9-10-3-6-5(1)7-4-8-6/h4H,1-3H2,(H,7,8). The van der Waals surface area contributed by atoms with Crippen molar-refractivity contribution in [3.05, 3.63) is 17.7 Å². The molecule has 1 aliphatic rings. The molecule has 0 bridgehead atoms. The van der Waals surface area contributed by atoms with Gasteiger partial charge in [0, 0.05) is 6.42 Å². The molecule has 1 aromatic heterocycles. The van der Waals surface area contributed by atoms with E-state index < -0.39 is 0 Å². The third-order valence-electron chi connectivity index (χ3n) is 1.58. The van der Waals surface area contributed by atoms with E-state index in [0.717, 1.165) is 24.4 Å². The molecule has 0 saturated heterocycles. The first kappa shape index (κ1) is 5.58. The molecule has 1 aliphatic heterocycles. The van der Waals surface area contributed by atoms with Crippen LogP contribution in [0.2, 0.25) is 0 Å². The van der Waals surface area contributed by atoms with Crippen LogP contribution in [0.3, 0.4) is 0 Å². The Labute approximate surface area is 58.4 Å². The normalized spacial score (nSPS) is 16.4. The van der Waals surface area contributed by atoms with E-state index in [4.69, 9.17) is 0 Å². The summed E-state index contributed by atoms with van der Waals surface area (Å²) in [5, 5.41) is 7.86. The van der Waals surface area contributed by atoms with E-state index >= 15 is 0 Å². The summed E-state index contributed by atoms with van der Waals surface area (Å²) in [6.07, 6.45) is 2.63. The van der Waals surface area contributed by atoms with Gasteiger partial charge in [-0.05, 0) is 0 Å². The lowest BCUT2D eigenvalue weighted by Crippen LogP contribution is -1.90. The maximum Gasteiger partial charge on any atom is 0.102 e. The third-order valence-corrected chi connectivity index (χ3v) is 1.58. The van der Waals surface area contributed by atoms with Gasteiger partial charge in [-0.25, -0.2) is 4.98 Å². The number of azo groups is 1. The lowest BCUT2D eigenvalue weighted by Gasteiger charge is -1.89. The van der Waals surface area contributed by atoms with Crippen molar-refractivity contribution in [3.63, 3.8) is 0 Å². The van der Waals surface area contributed by atoms with Crippen molar-refractivity contribution in [1.82, 2.24) is 9.97 Å². The van der Waals surface area contributed by atoms with Gasteiger partial charge in [0.1, 0.15) is 6.54 Å². The molecule has 10 heavy (non-hydrogen) atoms. The molecule has 0 radical (unpaired) electrons. The highest BCUT2D eigenvalue weighted by Crippen LogP contribution is 2.08. The summed E-state index contributed by atoms with van der Waals surface area (Å²) >= 11 is 0. The van der Waals surface area contributed by atoms with Gasteiger partial charge in [0.15, 0.2) is 0 Å². The maximum atomic E-state index is 4.14. The van der Waals surface area contributed by atoms with Crippen LogP contribution >= 0.6 is 0 Å². The van der Waals surface area contributed by atoms with Crippen molar-refractivity contribution in [2.24, 2.45) is 10.2 Å². The van der Waals surface area contributed by atoms with Gasteiger partial charge in [-0.2, -0.15) is 10.2 Å². The first-order chi connectivity index (χ1) is 4.97. The quantitative estimate of drug-likeness (QED) is 0.566. The molecule has 0 amide bonds. The smallest absolute Gasteiger partial charge is 0.102 e. The molecule has 0 saturated carbocycles. The zero-order chi connectivity index (χ0) is 6.81. The van der Waals surface area contributed by atoms with E-state index in [1.165, 1.54) is 0 Å². The summed E-state index contributed by atoms with van der Waals surface area (Å²) in [7, 11) is 0. The van der Waals surface area contributed by atoms with Crippen LogP contribution < -0.4 is 0 Å². The van der Waals surface area contributed by atoms with Crippen molar-refractivity contribution in [2.45, 2.75) is 13.0 Å². The SMILES string of the molecule is c1nc2c([nH]1)CN=NCC2. The van der Waals surface area contributed by atoms with E-state index in [1.54, 1.807) is 6.33 Å². The van der Waals surface area contributed by atoms with Gasteiger partial charge in [-0.3, -0.25) is 0 Å². The fraction of sp³-hybridized carbons (Fsp3) is 0.500. The fourth-order valence-corrected chi connectivity index (χ4v) is 1.05. The van der Waals surface area contributed by atoms with Crippen molar-refractivity contribution in [1.29, 1.82) is 0 Å². The van der Waals surface area contributed by atoms with Gasteiger partial charge in [0.05, 0.1) is 24.3 Å². The topological polar surface area (TPSA) is 53.4 Å². The van der Waals surface area contributed by atoms with E-state index in [1.807, 2.05) is 0 Å². The Hall–Kier alpha value is -1.19. The molecule has 0 aromatic carbocycles. The minimum atomic E-state index is 0.662. The molecule has 4 nitrogen and oxygen atoms in total. The number of H-pyrrole nitrogens is 1. The number of nitrogens with one attached hydrogen (secondary N) is 1. The van der Waals surface area contributed by atoms with Gasteiger partial charge in [-0.15, -0.1) is 0 Å². The molecule has 2 rings (SSSR count). The molecule has 2 heterocycles. The summed E-state index contributed by atoms with van der Waals surface area (Å²) in [6.45, 7) is 1.44. The predicted molar refractivity (Wildman–Crippen MR) is 35.7 cm³/mol. The summed E-state index contributed by atoms with van der Waals surface area (Å²) < 4.78 is 0. The Kier molecular flexibility index (Phi) is 1.23. The molecule has 4 heteroatoms. The lowest BCUT2D eigenvalue weighted by molar-refractivity contribution is 0.861. The van der Waals surface area contributed by atoms with Crippen LogP contribution in [-0.4, -0.2) is 16.5 Å². The highest BCUT2D eigenvalue weighted by Gasteiger charge is 2.06. The molecule has 0 unspecified atom stereocenters. The molecular formula is C6H8N4. The van der Waals surface area contributed by atoms with Crippen LogP contribution in [0.5, 0.6) is 0 Å². The lowest BCUT2D eigenvalue weighted by atomic mass is 10.2. The largest absolute Gasteiger partial charge is 0.347 e. The average molecular weight is 136 g/mol. The molecule has 0 spiro atoms. The molecule has 0 atom stereocenters. The molecular weight excluding hydrogens is 128 g/mol. The van der Waals surface area contributed by atoms with Gasteiger partial charge in [-0.1, -0.05) is 0 Å². The highest BCUT2D eigenvalue weighted by atomic mass is 15.1. The average Bonchev–Trinajstić information content (AvgIpc) is 2.28. The van der Waals surface area contributed by atoms with Crippen molar-refractivity contribution < 1.29 is 0 Å². The second-order valence-electron chi connectivity index (χ2n) is 2.24. The Balaban J connectivity index is 2.37. The van der Waals surface area contributed by atoms with Gasteiger partial charge in [0.25, 0.3) is 0 Å². The monoisotopic (exact) mass is 136 g/mol. The number of hydrogen-bond donors (Lipinski definition) is 1. The molecule has 52 valence electrons. The third kappa shape index (κ3) is 0.814. The summed E-state index contributed by atoms with van der Waals surface area (Å²) in [5.74, 6) is 0. The van der Waals surface area contributed by atoms with Gasteiger partial charge < -0.3 is 4.98 Å². The van der Waals surface area contributed by atoms with Crippen LogP contribution in [0.1, 0.15) is 11.4 Å². The zero-order valence-corrected chi connectivity index (χ0v) is 5.54. The summed E-state index contributed by atoms with van der Waals surface area (Å²) in [6, 6.07) is 0. The second kappa shape index (κ2) is 2.21. The Morgan fingerprint density at radius 1 is 1.40 bits per heavy atom. The van der Waals surface area contributed by atoms with Crippen LogP contribution in [0.15, 0.2) is 16.6 Å². The van der Waals surface area contributed by atoms with E-state index in [-0.39, 0.29) is 0 Å². The molecule has 1 N–H and O–H groups in total. The number of aromatic amines is 1. The van der Waals surface area contributed by atoms with Crippen LogP contribution in [-0.2, 0) is 13.0 Å². The number of hydrogen-bond acceptors (Lipinski definition) is 3. The Morgan fingerprint density at radius 3 is 3.40 bits per heavy atom. The summed E-state index contributed by atoms with van der Waals surface area (Å²) in [4.78, 5) is 7.17. The second-order valence-corrected chi connectivity index (χ2v) is 2.24. The molecule has 0 aliphatic carbocycles. The first-order valence-electron chi connectivity index (χ1n) is 3.31. The predicted octanol–water partition coefficient (Wildman–Crippen LogP) is 0.918. The molecule has 0 fully saturated rings. The van der Waals surface area contributed by atoms with Crippen LogP contribution in [0, 0.1) is 0 Å². The van der Waals surface area contributed by atoms with Crippen molar-refractivity contribution in [3.8, 4) is 0 Å². The van der Waals surface area contributed by atoms with Crippen molar-refractivity contribution >= 4 is 0 Å². The number of rotatable bonds is 0. The van der Waals surface area contributed by atoms with E-state index in [2.05, 4.69) is 20.2 Å². The maximum absolute atomic E-state index is 4.14. The number of fused-ring (bicyclic) bond motifs is 1. The van der Waals surface area contributed by atoms with Crippen LogP contribution in [0.25, 0.3) is 0 Å². The van der Waals surface area contributed by atoms with Crippen LogP contribution in [0.4, 0.5) is 0 Å². The summed E-state index contributed by atoms with van der Waals surface area (Å²) in [5.41, 5.74) is 2.23. The van der Waals surface area contributed by atoms with Gasteiger partial charge in [0.2, 0.25) is 0 Å². The Morgan fingerprint density at radius 2 is 2.40 bits per heavy atom. The fourth-order valence-electron chi connectivity index (χ4n) is 1.05. The number of imidazole rings is 1. The minimum absolute atomic E-state index is 0.662. The van der Waals surface area contributed by atoms with Crippen molar-refractivity contribution in [2.75, 3.05) is 6.54 Å². The first-order valence-corrected chi connectivity index (χ1v) is 3.31. The highest BCUT2D eigenvalue weighted by molar-refractivity contribution is 5.11.